The zero-order valence-electron chi connectivity index (χ0n) is 11.5. The van der Waals surface area contributed by atoms with Gasteiger partial charge in [0.15, 0.2) is 0 Å². The monoisotopic (exact) mass is 240 g/mol. The quantitative estimate of drug-likeness (QED) is 0.824. The molecule has 0 spiro atoms. The van der Waals surface area contributed by atoms with E-state index in [0.29, 0.717) is 0 Å². The maximum absolute atomic E-state index is 10.1. The van der Waals surface area contributed by atoms with Gasteiger partial charge in [-0.3, -0.25) is 0 Å². The molecule has 2 aromatic carbocycles. The Hall–Kier alpha value is -1.60. The molecule has 1 N–H and O–H groups in total. The second-order valence-corrected chi connectivity index (χ2v) is 5.37. The van der Waals surface area contributed by atoms with Crippen LogP contribution in [0.3, 0.4) is 0 Å². The van der Waals surface area contributed by atoms with Crippen molar-refractivity contribution >= 4 is 16.3 Å². The highest BCUT2D eigenvalue weighted by atomic mass is 16.3. The Balaban J connectivity index is 2.55. The maximum atomic E-state index is 10.1. The predicted octanol–water partition coefficient (Wildman–Crippen LogP) is 4.40. The van der Waals surface area contributed by atoms with Gasteiger partial charge >= 0.3 is 0 Å². The van der Waals surface area contributed by atoms with Crippen LogP contribution in [-0.4, -0.2) is 10.7 Å². The molecule has 0 aliphatic carbocycles. The van der Waals surface area contributed by atoms with Crippen molar-refractivity contribution in [3.8, 4) is 0 Å². The molecule has 0 atom stereocenters. The van der Waals surface area contributed by atoms with E-state index in [1.165, 1.54) is 16.3 Å². The lowest BCUT2D eigenvalue weighted by atomic mass is 9.91. The van der Waals surface area contributed by atoms with Crippen molar-refractivity contribution in [1.82, 2.24) is 0 Å². The number of hydrogen-bond donors (Lipinski definition) is 1. The van der Waals surface area contributed by atoms with Crippen molar-refractivity contribution in [2.75, 3.05) is 0 Å². The average Bonchev–Trinajstić information content (AvgIpc) is 2.35. The van der Waals surface area contributed by atoms with Crippen LogP contribution in [0.2, 0.25) is 0 Å². The van der Waals surface area contributed by atoms with Crippen LogP contribution in [0.4, 0.5) is 0 Å². The number of benzene rings is 2. The molecule has 0 saturated heterocycles. The van der Waals surface area contributed by atoms with Crippen LogP contribution in [0.25, 0.3) is 16.3 Å². The van der Waals surface area contributed by atoms with E-state index in [0.717, 1.165) is 11.1 Å². The summed E-state index contributed by atoms with van der Waals surface area (Å²) < 4.78 is 0. The van der Waals surface area contributed by atoms with Crippen molar-refractivity contribution in [2.24, 2.45) is 0 Å². The highest BCUT2D eigenvalue weighted by Crippen LogP contribution is 2.27. The Morgan fingerprint density at radius 1 is 0.944 bits per heavy atom. The summed E-state index contributed by atoms with van der Waals surface area (Å²) in [4.78, 5) is 0. The third-order valence-electron chi connectivity index (χ3n) is 3.66. The first-order valence-electron chi connectivity index (χ1n) is 6.29. The van der Waals surface area contributed by atoms with Gasteiger partial charge in [0.2, 0.25) is 0 Å². The minimum atomic E-state index is -0.768. The molecule has 0 aliphatic heterocycles. The topological polar surface area (TPSA) is 20.2 Å². The molecule has 0 fully saturated rings. The van der Waals surface area contributed by atoms with E-state index in [9.17, 15) is 5.11 Å². The highest BCUT2D eigenvalue weighted by Gasteiger charge is 2.17. The molecule has 1 nitrogen and oxygen atoms in total. The molecular weight excluding hydrogens is 220 g/mol. The molecule has 0 aromatic heterocycles. The molecule has 0 unspecified atom stereocenters. The summed E-state index contributed by atoms with van der Waals surface area (Å²) in [6, 6.07) is 14.8. The van der Waals surface area contributed by atoms with Crippen LogP contribution in [-0.2, 0) is 0 Å². The second kappa shape index (κ2) is 4.58. The summed E-state index contributed by atoms with van der Waals surface area (Å²) in [5, 5.41) is 12.6. The number of aliphatic hydroxyl groups is 1. The molecule has 0 bridgehead atoms. The normalized spacial score (nSPS) is 13.6. The Morgan fingerprint density at radius 2 is 1.56 bits per heavy atom. The third kappa shape index (κ3) is 2.46. The van der Waals surface area contributed by atoms with Gasteiger partial charge in [-0.1, -0.05) is 36.4 Å². The van der Waals surface area contributed by atoms with Gasteiger partial charge in [-0.05, 0) is 61.2 Å². The maximum Gasteiger partial charge on any atom is 0.0803 e. The van der Waals surface area contributed by atoms with E-state index in [1.54, 1.807) is 0 Å². The first-order valence-corrected chi connectivity index (χ1v) is 6.29. The lowest BCUT2D eigenvalue weighted by Crippen LogP contribution is -2.21. The van der Waals surface area contributed by atoms with Crippen molar-refractivity contribution in [3.63, 3.8) is 0 Å². The van der Waals surface area contributed by atoms with E-state index in [2.05, 4.69) is 37.3 Å². The van der Waals surface area contributed by atoms with Crippen LogP contribution in [0.5, 0.6) is 0 Å². The van der Waals surface area contributed by atoms with Crippen LogP contribution in [0, 0.1) is 0 Å². The summed E-state index contributed by atoms with van der Waals surface area (Å²) >= 11 is 0. The van der Waals surface area contributed by atoms with Crippen molar-refractivity contribution < 1.29 is 5.11 Å². The molecule has 2 aromatic rings. The Morgan fingerprint density at radius 3 is 2.17 bits per heavy atom. The largest absolute Gasteiger partial charge is 0.386 e. The number of allylic oxidation sites excluding steroid dienone is 1. The lowest BCUT2D eigenvalue weighted by molar-refractivity contribution is 0.120. The zero-order chi connectivity index (χ0) is 13.3. The van der Waals surface area contributed by atoms with Crippen LogP contribution in [0.15, 0.2) is 48.0 Å². The summed E-state index contributed by atoms with van der Waals surface area (Å²) in [7, 11) is 0. The number of fused-ring (bicyclic) bond motifs is 1. The van der Waals surface area contributed by atoms with E-state index in [1.807, 2.05) is 32.9 Å². The fraction of sp³-hybridized carbons (Fsp3) is 0.294. The number of rotatable bonds is 2. The van der Waals surface area contributed by atoms with Crippen LogP contribution in [0.1, 0.15) is 33.3 Å². The first-order chi connectivity index (χ1) is 8.39. The standard InChI is InChI=1S/C17H20O/c1-12(13(2)17(3,4)18)15-10-9-14-7-5-6-8-16(14)11-15/h5-11,18H,1-4H3/b13-12+. The predicted molar refractivity (Wildman–Crippen MR) is 78.5 cm³/mol. The molecule has 0 amide bonds. The van der Waals surface area contributed by atoms with Crippen LogP contribution < -0.4 is 0 Å². The molecule has 18 heavy (non-hydrogen) atoms. The molecule has 2 rings (SSSR count). The zero-order valence-corrected chi connectivity index (χ0v) is 11.5. The summed E-state index contributed by atoms with van der Waals surface area (Å²) in [5.41, 5.74) is 2.56. The lowest BCUT2D eigenvalue weighted by Gasteiger charge is -2.21. The van der Waals surface area contributed by atoms with Gasteiger partial charge in [-0.25, -0.2) is 0 Å². The average molecular weight is 240 g/mol. The van der Waals surface area contributed by atoms with Crippen molar-refractivity contribution in [2.45, 2.75) is 33.3 Å². The summed E-state index contributed by atoms with van der Waals surface area (Å²) in [6.45, 7) is 7.71. The molecule has 0 saturated carbocycles. The fourth-order valence-corrected chi connectivity index (χ4v) is 2.10. The van der Waals surface area contributed by atoms with E-state index in [4.69, 9.17) is 0 Å². The molecule has 0 heterocycles. The molecule has 0 radical (unpaired) electrons. The molecular formula is C17H20O. The third-order valence-corrected chi connectivity index (χ3v) is 3.66. The van der Waals surface area contributed by atoms with Gasteiger partial charge in [-0.2, -0.15) is 0 Å². The summed E-state index contributed by atoms with van der Waals surface area (Å²) in [6.07, 6.45) is 0. The fourth-order valence-electron chi connectivity index (χ4n) is 2.10. The van der Waals surface area contributed by atoms with Gasteiger partial charge in [-0.15, -0.1) is 0 Å². The van der Waals surface area contributed by atoms with Gasteiger partial charge < -0.3 is 5.11 Å². The van der Waals surface area contributed by atoms with E-state index in [-0.39, 0.29) is 0 Å². The van der Waals surface area contributed by atoms with Crippen molar-refractivity contribution in [3.05, 3.63) is 53.6 Å². The molecule has 1 heteroatoms. The van der Waals surface area contributed by atoms with Gasteiger partial charge in [0, 0.05) is 0 Å². The van der Waals surface area contributed by atoms with E-state index < -0.39 is 5.60 Å². The SMILES string of the molecule is C/C(=C(/C)C(C)(C)O)c1ccc2ccccc2c1. The van der Waals surface area contributed by atoms with Crippen molar-refractivity contribution in [1.29, 1.82) is 0 Å². The smallest absolute Gasteiger partial charge is 0.0803 e. The first kappa shape index (κ1) is 12.8. The van der Waals surface area contributed by atoms with Gasteiger partial charge in [0.25, 0.3) is 0 Å². The second-order valence-electron chi connectivity index (χ2n) is 5.37. The summed E-state index contributed by atoms with van der Waals surface area (Å²) in [5.74, 6) is 0. The highest BCUT2D eigenvalue weighted by molar-refractivity contribution is 5.86. The number of hydrogen-bond acceptors (Lipinski definition) is 1. The molecule has 0 aliphatic rings. The van der Waals surface area contributed by atoms with Gasteiger partial charge in [0.1, 0.15) is 0 Å². The van der Waals surface area contributed by atoms with Crippen LogP contribution >= 0.6 is 0 Å². The molecule has 94 valence electrons. The minimum Gasteiger partial charge on any atom is -0.386 e. The Bertz CT molecular complexity index is 600. The Labute approximate surface area is 109 Å². The van der Waals surface area contributed by atoms with E-state index >= 15 is 0 Å². The van der Waals surface area contributed by atoms with Gasteiger partial charge in [0.05, 0.1) is 5.60 Å². The minimum absolute atomic E-state index is 0.768. The Kier molecular flexibility index (Phi) is 3.27.